The number of hydrogen-bond donors (Lipinski definition) is 1. The van der Waals surface area contributed by atoms with Gasteiger partial charge in [0.25, 0.3) is 10.0 Å². The summed E-state index contributed by atoms with van der Waals surface area (Å²) in [4.78, 5) is 3.14. The zero-order valence-corrected chi connectivity index (χ0v) is 13.7. The quantitative estimate of drug-likeness (QED) is 0.847. The number of benzene rings is 2. The predicted molar refractivity (Wildman–Crippen MR) is 86.3 cm³/mol. The summed E-state index contributed by atoms with van der Waals surface area (Å²) in [6.45, 7) is 1.71. The minimum Gasteiger partial charge on any atom is -0.493 e. The van der Waals surface area contributed by atoms with E-state index in [2.05, 4.69) is 9.70 Å². The second kappa shape index (κ2) is 6.54. The van der Waals surface area contributed by atoms with Crippen LogP contribution in [0.4, 0.5) is 11.4 Å². The number of diazo groups is 1. The monoisotopic (exact) mass is 334 g/mol. The van der Waals surface area contributed by atoms with Gasteiger partial charge in [-0.3, -0.25) is 4.72 Å². The van der Waals surface area contributed by atoms with Crippen molar-refractivity contribution in [1.82, 2.24) is 0 Å². The third-order valence-corrected chi connectivity index (χ3v) is 4.61. The highest BCUT2D eigenvalue weighted by Crippen LogP contribution is 2.33. The highest BCUT2D eigenvalue weighted by atomic mass is 32.2. The molecule has 2 aromatic rings. The number of rotatable bonds is 5. The molecule has 0 bridgehead atoms. The molecular weight excluding hydrogens is 318 g/mol. The second-order valence-electron chi connectivity index (χ2n) is 4.69. The summed E-state index contributed by atoms with van der Waals surface area (Å²) in [5, 5.41) is 9.07. The largest absolute Gasteiger partial charge is 0.493 e. The fraction of sp³-hybridized carbons (Fsp3) is 0.200. The van der Waals surface area contributed by atoms with E-state index in [1.807, 2.05) is 0 Å². The molecule has 1 N–H and O–H groups in total. The average Bonchev–Trinajstić information content (AvgIpc) is 2.54. The molecule has 0 heterocycles. The zero-order chi connectivity index (χ0) is 17.0. The zero-order valence-electron chi connectivity index (χ0n) is 12.9. The van der Waals surface area contributed by atoms with Gasteiger partial charge in [0.15, 0.2) is 16.5 Å². The van der Waals surface area contributed by atoms with Crippen molar-refractivity contribution in [3.63, 3.8) is 0 Å². The number of ether oxygens (including phenoxy) is 2. The molecule has 8 heteroatoms. The van der Waals surface area contributed by atoms with Crippen molar-refractivity contribution in [2.24, 2.45) is 0 Å². The molecule has 0 amide bonds. The van der Waals surface area contributed by atoms with Crippen LogP contribution < -0.4 is 14.2 Å². The van der Waals surface area contributed by atoms with Crippen LogP contribution in [0.15, 0.2) is 41.3 Å². The lowest BCUT2D eigenvalue weighted by Crippen LogP contribution is -2.13. The standard InChI is InChI=1S/C15H16N3O4S/c1-10-5-4-6-12(15(10)17-16)18-23(19,20)11-7-8-13(21-2)14(9-11)22-3/h4-9,18H,1-3H3/q+1. The Morgan fingerprint density at radius 3 is 2.39 bits per heavy atom. The maximum absolute atomic E-state index is 12.5. The van der Waals surface area contributed by atoms with E-state index in [1.54, 1.807) is 19.1 Å². The first-order valence-corrected chi connectivity index (χ1v) is 8.11. The molecule has 0 fully saturated rings. The lowest BCUT2D eigenvalue weighted by atomic mass is 10.2. The van der Waals surface area contributed by atoms with Gasteiger partial charge in [-0.15, -0.1) is 0 Å². The molecular formula is C15H16N3O4S+. The average molecular weight is 334 g/mol. The summed E-state index contributed by atoms with van der Waals surface area (Å²) >= 11 is 0. The Balaban J connectivity index is 2.45. The third-order valence-electron chi connectivity index (χ3n) is 3.25. The minimum absolute atomic E-state index is 0.000505. The summed E-state index contributed by atoms with van der Waals surface area (Å²) in [7, 11) is -0.991. The van der Waals surface area contributed by atoms with Crippen LogP contribution in [0, 0.1) is 12.3 Å². The van der Waals surface area contributed by atoms with E-state index < -0.39 is 10.0 Å². The van der Waals surface area contributed by atoms with E-state index in [0.29, 0.717) is 17.1 Å². The number of methoxy groups -OCH3 is 2. The van der Waals surface area contributed by atoms with Crippen molar-refractivity contribution < 1.29 is 17.9 Å². The van der Waals surface area contributed by atoms with Gasteiger partial charge >= 0.3 is 5.69 Å². The van der Waals surface area contributed by atoms with Gasteiger partial charge in [0.1, 0.15) is 5.69 Å². The van der Waals surface area contributed by atoms with Crippen molar-refractivity contribution in [3.8, 4) is 11.5 Å². The van der Waals surface area contributed by atoms with Crippen LogP contribution in [-0.4, -0.2) is 22.6 Å². The Morgan fingerprint density at radius 1 is 1.09 bits per heavy atom. The normalized spacial score (nSPS) is 10.7. The number of sulfonamides is 1. The van der Waals surface area contributed by atoms with Crippen molar-refractivity contribution in [3.05, 3.63) is 46.9 Å². The molecule has 0 saturated heterocycles. The van der Waals surface area contributed by atoms with Crippen LogP contribution in [0.1, 0.15) is 5.56 Å². The van der Waals surface area contributed by atoms with E-state index in [4.69, 9.17) is 14.9 Å². The molecule has 120 valence electrons. The first kappa shape index (κ1) is 16.6. The minimum atomic E-state index is -3.88. The highest BCUT2D eigenvalue weighted by molar-refractivity contribution is 7.92. The van der Waals surface area contributed by atoms with Crippen molar-refractivity contribution in [1.29, 1.82) is 5.39 Å². The Bertz CT molecular complexity index is 873. The predicted octanol–water partition coefficient (Wildman–Crippen LogP) is 3.30. The molecule has 0 aromatic heterocycles. The summed E-state index contributed by atoms with van der Waals surface area (Å²) in [5.41, 5.74) is 0.985. The lowest BCUT2D eigenvalue weighted by molar-refractivity contribution is 0.354. The number of anilines is 1. The number of hydrogen-bond acceptors (Lipinski definition) is 5. The van der Waals surface area contributed by atoms with Gasteiger partial charge in [0.05, 0.1) is 19.1 Å². The molecule has 0 aliphatic carbocycles. The second-order valence-corrected chi connectivity index (χ2v) is 6.38. The maximum atomic E-state index is 12.5. The fourth-order valence-corrected chi connectivity index (χ4v) is 3.14. The molecule has 0 aliphatic heterocycles. The number of nitrogens with zero attached hydrogens (tertiary/aromatic N) is 2. The fourth-order valence-electron chi connectivity index (χ4n) is 2.06. The molecule has 2 rings (SSSR count). The van der Waals surface area contributed by atoms with Gasteiger partial charge in [-0.1, -0.05) is 12.1 Å². The highest BCUT2D eigenvalue weighted by Gasteiger charge is 2.23. The Labute approximate surface area is 134 Å². The third kappa shape index (κ3) is 3.35. The van der Waals surface area contributed by atoms with Gasteiger partial charge < -0.3 is 9.47 Å². The van der Waals surface area contributed by atoms with Gasteiger partial charge in [0.2, 0.25) is 5.39 Å². The van der Waals surface area contributed by atoms with Crippen LogP contribution in [0.5, 0.6) is 11.5 Å². The van der Waals surface area contributed by atoms with Crippen molar-refractivity contribution >= 4 is 21.4 Å². The maximum Gasteiger partial charge on any atom is 0.411 e. The Hall–Kier alpha value is -2.79. The SMILES string of the molecule is COc1ccc(S(=O)(=O)Nc2cccc(C)c2[N+]#N)cc1OC. The van der Waals surface area contributed by atoms with E-state index in [1.165, 1.54) is 38.5 Å². The first-order valence-electron chi connectivity index (χ1n) is 6.62. The lowest BCUT2D eigenvalue weighted by Gasteiger charge is -2.11. The molecule has 0 unspecified atom stereocenters. The van der Waals surface area contributed by atoms with Gasteiger partial charge in [-0.2, -0.15) is 0 Å². The first-order chi connectivity index (χ1) is 10.9. The smallest absolute Gasteiger partial charge is 0.411 e. The molecule has 23 heavy (non-hydrogen) atoms. The summed E-state index contributed by atoms with van der Waals surface area (Å²) in [6, 6.07) is 9.14. The van der Waals surface area contributed by atoms with Crippen molar-refractivity contribution in [2.75, 3.05) is 18.9 Å². The van der Waals surface area contributed by atoms with Crippen LogP contribution in [0.3, 0.4) is 0 Å². The van der Waals surface area contributed by atoms with Gasteiger partial charge in [-0.05, 0) is 25.1 Å². The summed E-state index contributed by atoms with van der Waals surface area (Å²) < 4.78 is 37.6. The van der Waals surface area contributed by atoms with Crippen LogP contribution in [-0.2, 0) is 10.0 Å². The van der Waals surface area contributed by atoms with E-state index in [-0.39, 0.29) is 16.3 Å². The molecule has 7 nitrogen and oxygen atoms in total. The van der Waals surface area contributed by atoms with Gasteiger partial charge in [-0.25, -0.2) is 8.42 Å². The molecule has 2 aromatic carbocycles. The number of nitrogens with one attached hydrogen (secondary N) is 1. The Morgan fingerprint density at radius 2 is 1.78 bits per heavy atom. The molecule has 0 atom stereocenters. The molecule has 0 spiro atoms. The molecule has 0 aliphatic rings. The van der Waals surface area contributed by atoms with E-state index in [9.17, 15) is 8.42 Å². The van der Waals surface area contributed by atoms with Crippen LogP contribution >= 0.6 is 0 Å². The van der Waals surface area contributed by atoms with E-state index in [0.717, 1.165) is 0 Å². The summed E-state index contributed by atoms with van der Waals surface area (Å²) in [5.74, 6) is 0.722. The Kier molecular flexibility index (Phi) is 4.71. The molecule has 0 radical (unpaired) electrons. The van der Waals surface area contributed by atoms with Gasteiger partial charge in [0, 0.05) is 11.6 Å². The van der Waals surface area contributed by atoms with Crippen LogP contribution in [0.25, 0.3) is 4.98 Å². The number of aryl methyl sites for hydroxylation is 1. The van der Waals surface area contributed by atoms with E-state index >= 15 is 0 Å². The topological polar surface area (TPSA) is 92.8 Å². The van der Waals surface area contributed by atoms with Crippen molar-refractivity contribution in [2.45, 2.75) is 11.8 Å². The summed E-state index contributed by atoms with van der Waals surface area (Å²) in [6.07, 6.45) is 0. The molecule has 0 saturated carbocycles. The van der Waals surface area contributed by atoms with Crippen LogP contribution in [0.2, 0.25) is 0 Å².